The van der Waals surface area contributed by atoms with E-state index in [4.69, 9.17) is 5.73 Å². The Morgan fingerprint density at radius 1 is 1.47 bits per heavy atom. The highest BCUT2D eigenvalue weighted by molar-refractivity contribution is 5.76. The third-order valence-corrected chi connectivity index (χ3v) is 4.03. The van der Waals surface area contributed by atoms with Crippen LogP contribution in [0.4, 0.5) is 0 Å². The van der Waals surface area contributed by atoms with Crippen LogP contribution in [0, 0.1) is 12.8 Å². The maximum absolute atomic E-state index is 12.2. The van der Waals surface area contributed by atoms with Gasteiger partial charge < -0.3 is 10.6 Å². The molecule has 2 rings (SSSR count). The fourth-order valence-electron chi connectivity index (χ4n) is 2.67. The van der Waals surface area contributed by atoms with Crippen molar-refractivity contribution in [2.75, 3.05) is 13.1 Å². The molecule has 1 aromatic rings. The smallest absolute Gasteiger partial charge is 0.222 e. The Hall–Kier alpha value is -1.35. The second-order valence-electron chi connectivity index (χ2n) is 5.76. The van der Waals surface area contributed by atoms with Crippen molar-refractivity contribution in [3.05, 3.63) is 35.4 Å². The Morgan fingerprint density at radius 3 is 2.95 bits per heavy atom. The van der Waals surface area contributed by atoms with E-state index in [2.05, 4.69) is 38.1 Å². The van der Waals surface area contributed by atoms with Gasteiger partial charge in [-0.2, -0.15) is 0 Å². The van der Waals surface area contributed by atoms with Crippen LogP contribution in [-0.2, 0) is 11.2 Å². The van der Waals surface area contributed by atoms with Crippen LogP contribution in [0.2, 0.25) is 0 Å². The van der Waals surface area contributed by atoms with Crippen molar-refractivity contribution in [3.63, 3.8) is 0 Å². The number of piperidine rings is 1. The van der Waals surface area contributed by atoms with E-state index in [9.17, 15) is 4.79 Å². The van der Waals surface area contributed by atoms with Gasteiger partial charge in [0.25, 0.3) is 0 Å². The summed E-state index contributed by atoms with van der Waals surface area (Å²) in [4.78, 5) is 14.2. The number of nitrogens with two attached hydrogens (primary N) is 1. The molecule has 0 radical (unpaired) electrons. The van der Waals surface area contributed by atoms with Gasteiger partial charge in [0.2, 0.25) is 5.91 Å². The monoisotopic (exact) mass is 260 g/mol. The van der Waals surface area contributed by atoms with Crippen LogP contribution in [-0.4, -0.2) is 29.9 Å². The Bertz CT molecular complexity index is 444. The number of hydrogen-bond acceptors (Lipinski definition) is 2. The lowest BCUT2D eigenvalue weighted by Crippen LogP contribution is -2.48. The number of hydrogen-bond donors (Lipinski definition) is 1. The highest BCUT2D eigenvalue weighted by Crippen LogP contribution is 2.16. The van der Waals surface area contributed by atoms with Crippen LogP contribution in [0.25, 0.3) is 0 Å². The lowest BCUT2D eigenvalue weighted by Gasteiger charge is -2.35. The largest absolute Gasteiger partial charge is 0.342 e. The van der Waals surface area contributed by atoms with E-state index in [1.165, 1.54) is 11.1 Å². The number of amides is 1. The van der Waals surface area contributed by atoms with Gasteiger partial charge in [-0.05, 0) is 31.2 Å². The molecular weight excluding hydrogens is 236 g/mol. The highest BCUT2D eigenvalue weighted by atomic mass is 16.2. The maximum atomic E-state index is 12.2. The number of aryl methyl sites for hydroxylation is 2. The highest BCUT2D eigenvalue weighted by Gasteiger charge is 2.25. The van der Waals surface area contributed by atoms with Crippen LogP contribution in [0.15, 0.2) is 24.3 Å². The Kier molecular flexibility index (Phi) is 4.59. The molecule has 2 N–H and O–H groups in total. The summed E-state index contributed by atoms with van der Waals surface area (Å²) in [5, 5.41) is 0. The molecule has 3 nitrogen and oxygen atoms in total. The molecule has 1 aromatic carbocycles. The van der Waals surface area contributed by atoms with E-state index >= 15 is 0 Å². The number of rotatable bonds is 3. The first kappa shape index (κ1) is 14.1. The lowest BCUT2D eigenvalue weighted by molar-refractivity contribution is -0.133. The molecule has 104 valence electrons. The average molecular weight is 260 g/mol. The van der Waals surface area contributed by atoms with Crippen molar-refractivity contribution < 1.29 is 4.79 Å². The third-order valence-electron chi connectivity index (χ3n) is 4.03. The van der Waals surface area contributed by atoms with Gasteiger partial charge in [-0.15, -0.1) is 0 Å². The molecule has 0 aliphatic carbocycles. The molecule has 1 amide bonds. The first-order chi connectivity index (χ1) is 9.06. The van der Waals surface area contributed by atoms with E-state index in [0.29, 0.717) is 12.3 Å². The van der Waals surface area contributed by atoms with E-state index in [1.54, 1.807) is 0 Å². The molecule has 1 aliphatic rings. The van der Waals surface area contributed by atoms with Gasteiger partial charge in [-0.1, -0.05) is 36.8 Å². The third kappa shape index (κ3) is 3.80. The molecule has 1 aliphatic heterocycles. The van der Waals surface area contributed by atoms with Gasteiger partial charge in [0.1, 0.15) is 0 Å². The predicted octanol–water partition coefficient (Wildman–Crippen LogP) is 2.12. The summed E-state index contributed by atoms with van der Waals surface area (Å²) in [5.41, 5.74) is 8.48. The minimum Gasteiger partial charge on any atom is -0.342 e. The van der Waals surface area contributed by atoms with Gasteiger partial charge >= 0.3 is 0 Å². The summed E-state index contributed by atoms with van der Waals surface area (Å²) in [6.45, 7) is 5.84. The Labute approximate surface area is 115 Å². The van der Waals surface area contributed by atoms with E-state index in [0.717, 1.165) is 25.9 Å². The first-order valence-electron chi connectivity index (χ1n) is 7.15. The first-order valence-corrected chi connectivity index (χ1v) is 7.15. The van der Waals surface area contributed by atoms with Crippen molar-refractivity contribution in [3.8, 4) is 0 Å². The molecular formula is C16H24N2O. The number of carbonyl (C=O) groups excluding carboxylic acids is 1. The van der Waals surface area contributed by atoms with Crippen molar-refractivity contribution in [2.24, 2.45) is 11.7 Å². The molecule has 0 bridgehead atoms. The average Bonchev–Trinajstić information content (AvgIpc) is 2.39. The van der Waals surface area contributed by atoms with Crippen LogP contribution in [0.3, 0.4) is 0 Å². The van der Waals surface area contributed by atoms with Gasteiger partial charge in [0, 0.05) is 25.6 Å². The number of likely N-dealkylation sites (tertiary alicyclic amines) is 1. The molecule has 1 saturated heterocycles. The topological polar surface area (TPSA) is 46.3 Å². The van der Waals surface area contributed by atoms with Crippen LogP contribution >= 0.6 is 0 Å². The van der Waals surface area contributed by atoms with E-state index in [-0.39, 0.29) is 11.9 Å². The molecule has 0 saturated carbocycles. The van der Waals surface area contributed by atoms with Gasteiger partial charge in [0.05, 0.1) is 0 Å². The maximum Gasteiger partial charge on any atom is 0.222 e. The molecule has 19 heavy (non-hydrogen) atoms. The zero-order valence-corrected chi connectivity index (χ0v) is 11.9. The molecule has 0 aromatic heterocycles. The van der Waals surface area contributed by atoms with E-state index < -0.39 is 0 Å². The second kappa shape index (κ2) is 6.20. The van der Waals surface area contributed by atoms with Crippen LogP contribution in [0.1, 0.15) is 30.9 Å². The summed E-state index contributed by atoms with van der Waals surface area (Å²) in [5.74, 6) is 0.678. The minimum absolute atomic E-state index is 0.251. The van der Waals surface area contributed by atoms with Gasteiger partial charge in [-0.25, -0.2) is 0 Å². The quantitative estimate of drug-likeness (QED) is 0.905. The summed E-state index contributed by atoms with van der Waals surface area (Å²) in [6, 6.07) is 8.63. The zero-order chi connectivity index (χ0) is 13.8. The van der Waals surface area contributed by atoms with Crippen molar-refractivity contribution >= 4 is 5.91 Å². The molecule has 3 heteroatoms. The van der Waals surface area contributed by atoms with Crippen molar-refractivity contribution in [1.82, 2.24) is 4.90 Å². The Balaban J connectivity index is 1.84. The molecule has 2 atom stereocenters. The number of carbonyl (C=O) groups is 1. The Morgan fingerprint density at radius 2 is 2.26 bits per heavy atom. The molecule has 2 unspecified atom stereocenters. The molecule has 1 heterocycles. The van der Waals surface area contributed by atoms with Crippen LogP contribution in [0.5, 0.6) is 0 Å². The minimum atomic E-state index is 0.251. The SMILES string of the molecule is Cc1cccc(CCC(=O)N2CCC(N)C(C)C2)c1. The summed E-state index contributed by atoms with van der Waals surface area (Å²) < 4.78 is 0. The number of nitrogens with zero attached hydrogens (tertiary/aromatic N) is 1. The second-order valence-corrected chi connectivity index (χ2v) is 5.76. The fourth-order valence-corrected chi connectivity index (χ4v) is 2.67. The van der Waals surface area contributed by atoms with Gasteiger partial charge in [0.15, 0.2) is 0 Å². The zero-order valence-electron chi connectivity index (χ0n) is 11.9. The lowest BCUT2D eigenvalue weighted by atomic mass is 9.94. The van der Waals surface area contributed by atoms with E-state index in [1.807, 2.05) is 4.90 Å². The number of benzene rings is 1. The molecule has 1 fully saturated rings. The summed E-state index contributed by atoms with van der Waals surface area (Å²) in [6.07, 6.45) is 2.36. The van der Waals surface area contributed by atoms with Crippen molar-refractivity contribution in [1.29, 1.82) is 0 Å². The summed E-state index contributed by atoms with van der Waals surface area (Å²) in [7, 11) is 0. The standard InChI is InChI=1S/C16H24N2O/c1-12-4-3-5-14(10-12)6-7-16(19)18-9-8-15(17)13(2)11-18/h3-5,10,13,15H,6-9,11,17H2,1-2H3. The normalized spacial score (nSPS) is 23.4. The fraction of sp³-hybridized carbons (Fsp3) is 0.562. The van der Waals surface area contributed by atoms with Crippen molar-refractivity contribution in [2.45, 2.75) is 39.2 Å². The predicted molar refractivity (Wildman–Crippen MR) is 77.8 cm³/mol. The molecule has 0 spiro atoms. The van der Waals surface area contributed by atoms with Crippen LogP contribution < -0.4 is 5.73 Å². The summed E-state index contributed by atoms with van der Waals surface area (Å²) >= 11 is 0. The van der Waals surface area contributed by atoms with Gasteiger partial charge in [-0.3, -0.25) is 4.79 Å².